The lowest BCUT2D eigenvalue weighted by Crippen LogP contribution is -2.17. The van der Waals surface area contributed by atoms with Gasteiger partial charge < -0.3 is 4.74 Å². The first-order valence-electron chi connectivity index (χ1n) is 6.76. The minimum absolute atomic E-state index is 0.0419. The quantitative estimate of drug-likeness (QED) is 0.356. The van der Waals surface area contributed by atoms with Crippen LogP contribution >= 0.6 is 23.4 Å². The lowest BCUT2D eigenvalue weighted by Gasteiger charge is -2.08. The second-order valence-electron chi connectivity index (χ2n) is 4.87. The van der Waals surface area contributed by atoms with Crippen LogP contribution in [0.25, 0.3) is 0 Å². The summed E-state index contributed by atoms with van der Waals surface area (Å²) in [6.45, 7) is 3.37. The number of aromatic nitrogens is 2. The zero-order valence-electron chi connectivity index (χ0n) is 12.9. The Hall–Kier alpha value is -1.92. The summed E-state index contributed by atoms with van der Waals surface area (Å²) in [6, 6.07) is 5.55. The van der Waals surface area contributed by atoms with Crippen LogP contribution in [0.2, 0.25) is 5.02 Å². The molecule has 1 aromatic heterocycles. The van der Waals surface area contributed by atoms with Crippen molar-refractivity contribution in [2.75, 3.05) is 12.9 Å². The van der Waals surface area contributed by atoms with Crippen molar-refractivity contribution >= 4 is 35.1 Å². The third-order valence-corrected chi connectivity index (χ3v) is 3.96. The number of ketones is 1. The van der Waals surface area contributed by atoms with Gasteiger partial charge in [0.1, 0.15) is 0 Å². The molecule has 120 valence electrons. The van der Waals surface area contributed by atoms with Crippen LogP contribution in [-0.4, -0.2) is 34.6 Å². The first-order chi connectivity index (χ1) is 10.9. The van der Waals surface area contributed by atoms with Gasteiger partial charge in [-0.1, -0.05) is 41.1 Å². The van der Waals surface area contributed by atoms with Gasteiger partial charge in [0.05, 0.1) is 11.2 Å². The van der Waals surface area contributed by atoms with Crippen LogP contribution < -0.4 is 0 Å². The smallest absolute Gasteiger partial charge is 0.359 e. The number of carbonyl (C=O) groups excluding carboxylic acids is 2. The standard InChI is InChI=1S/C16H15ClN2O3S/c1-9-4-5-10(2)11(6-9)13(20)8-22-15(21)14-12(17)7-18-16(19-14)23-3/h4-7H,8H2,1-3H3. The van der Waals surface area contributed by atoms with E-state index in [9.17, 15) is 9.59 Å². The molecule has 0 unspecified atom stereocenters. The van der Waals surface area contributed by atoms with E-state index in [1.807, 2.05) is 26.0 Å². The number of aryl methyl sites for hydroxylation is 2. The van der Waals surface area contributed by atoms with E-state index in [0.29, 0.717) is 10.7 Å². The third-order valence-electron chi connectivity index (χ3n) is 3.13. The van der Waals surface area contributed by atoms with Crippen LogP contribution in [0.4, 0.5) is 0 Å². The van der Waals surface area contributed by atoms with Crippen molar-refractivity contribution < 1.29 is 14.3 Å². The number of benzene rings is 1. The Morgan fingerprint density at radius 3 is 2.74 bits per heavy atom. The highest BCUT2D eigenvalue weighted by molar-refractivity contribution is 7.98. The zero-order valence-corrected chi connectivity index (χ0v) is 14.5. The first-order valence-corrected chi connectivity index (χ1v) is 8.36. The number of nitrogens with zero attached hydrogens (tertiary/aromatic N) is 2. The maximum Gasteiger partial charge on any atom is 0.359 e. The van der Waals surface area contributed by atoms with E-state index in [1.54, 1.807) is 12.3 Å². The molecule has 0 amide bonds. The minimum Gasteiger partial charge on any atom is -0.453 e. The lowest BCUT2D eigenvalue weighted by molar-refractivity contribution is 0.0468. The van der Waals surface area contributed by atoms with Gasteiger partial charge in [-0.2, -0.15) is 0 Å². The molecule has 0 N–H and O–H groups in total. The summed E-state index contributed by atoms with van der Waals surface area (Å²) in [5.41, 5.74) is 2.30. The van der Waals surface area contributed by atoms with Gasteiger partial charge in [0.15, 0.2) is 17.5 Å². The number of Topliss-reactive ketones (excluding diaryl/α,β-unsaturated/α-hetero) is 1. The van der Waals surface area contributed by atoms with Crippen molar-refractivity contribution in [3.8, 4) is 0 Å². The minimum atomic E-state index is -0.744. The second-order valence-corrected chi connectivity index (χ2v) is 6.05. The van der Waals surface area contributed by atoms with Crippen molar-refractivity contribution in [3.05, 3.63) is 51.8 Å². The Morgan fingerprint density at radius 1 is 1.30 bits per heavy atom. The van der Waals surface area contributed by atoms with E-state index < -0.39 is 5.97 Å². The molecule has 2 rings (SSSR count). The zero-order chi connectivity index (χ0) is 17.0. The van der Waals surface area contributed by atoms with Crippen molar-refractivity contribution in [2.24, 2.45) is 0 Å². The number of hydrogen-bond acceptors (Lipinski definition) is 6. The van der Waals surface area contributed by atoms with Crippen LogP contribution in [0.1, 0.15) is 32.0 Å². The molecule has 23 heavy (non-hydrogen) atoms. The molecule has 0 bridgehead atoms. The maximum atomic E-state index is 12.2. The van der Waals surface area contributed by atoms with Crippen LogP contribution in [0.15, 0.2) is 29.6 Å². The van der Waals surface area contributed by atoms with Crippen LogP contribution in [0.5, 0.6) is 0 Å². The Labute approximate surface area is 143 Å². The molecule has 0 saturated carbocycles. The largest absolute Gasteiger partial charge is 0.453 e. The summed E-state index contributed by atoms with van der Waals surface area (Å²) in [4.78, 5) is 32.2. The van der Waals surface area contributed by atoms with Gasteiger partial charge in [-0.3, -0.25) is 4.79 Å². The van der Waals surface area contributed by atoms with E-state index >= 15 is 0 Å². The van der Waals surface area contributed by atoms with Gasteiger partial charge >= 0.3 is 5.97 Å². The summed E-state index contributed by atoms with van der Waals surface area (Å²) in [6.07, 6.45) is 3.12. The third kappa shape index (κ3) is 4.30. The summed E-state index contributed by atoms with van der Waals surface area (Å²) in [7, 11) is 0. The second kappa shape index (κ2) is 7.57. The average Bonchev–Trinajstić information content (AvgIpc) is 2.55. The number of rotatable bonds is 5. The van der Waals surface area contributed by atoms with Gasteiger partial charge in [-0.15, -0.1) is 0 Å². The Kier molecular flexibility index (Phi) is 5.74. The molecule has 0 aliphatic carbocycles. The number of carbonyl (C=O) groups is 2. The summed E-state index contributed by atoms with van der Waals surface area (Å²) >= 11 is 7.18. The number of thioether (sulfide) groups is 1. The highest BCUT2D eigenvalue weighted by Crippen LogP contribution is 2.18. The van der Waals surface area contributed by atoms with Crippen LogP contribution in [0.3, 0.4) is 0 Å². The van der Waals surface area contributed by atoms with Gasteiger partial charge in [0.2, 0.25) is 5.78 Å². The van der Waals surface area contributed by atoms with E-state index in [-0.39, 0.29) is 23.1 Å². The Morgan fingerprint density at radius 2 is 2.04 bits per heavy atom. The van der Waals surface area contributed by atoms with Crippen LogP contribution in [0, 0.1) is 13.8 Å². The molecule has 7 heteroatoms. The molecule has 0 aliphatic heterocycles. The van der Waals surface area contributed by atoms with E-state index in [0.717, 1.165) is 11.1 Å². The molecule has 0 radical (unpaired) electrons. The fraction of sp³-hybridized carbons (Fsp3) is 0.250. The molecular weight excluding hydrogens is 336 g/mol. The van der Waals surface area contributed by atoms with Crippen molar-refractivity contribution in [3.63, 3.8) is 0 Å². The molecule has 5 nitrogen and oxygen atoms in total. The number of halogens is 1. The molecular formula is C16H15ClN2O3S. The van der Waals surface area contributed by atoms with Crippen molar-refractivity contribution in [1.29, 1.82) is 0 Å². The van der Waals surface area contributed by atoms with E-state index in [4.69, 9.17) is 16.3 Å². The SMILES string of the molecule is CSc1ncc(Cl)c(C(=O)OCC(=O)c2cc(C)ccc2C)n1. The molecule has 1 heterocycles. The van der Waals surface area contributed by atoms with Gasteiger partial charge in [-0.25, -0.2) is 14.8 Å². The van der Waals surface area contributed by atoms with Gasteiger partial charge in [-0.05, 0) is 31.7 Å². The van der Waals surface area contributed by atoms with E-state index in [2.05, 4.69) is 9.97 Å². The molecule has 0 saturated heterocycles. The molecule has 0 spiro atoms. The number of hydrogen-bond donors (Lipinski definition) is 0. The fourth-order valence-electron chi connectivity index (χ4n) is 1.91. The Balaban J connectivity index is 2.10. The van der Waals surface area contributed by atoms with Crippen LogP contribution in [-0.2, 0) is 4.74 Å². The predicted molar refractivity (Wildman–Crippen MR) is 89.4 cm³/mol. The molecule has 0 aliphatic rings. The van der Waals surface area contributed by atoms with Crippen molar-refractivity contribution in [2.45, 2.75) is 19.0 Å². The van der Waals surface area contributed by atoms with Gasteiger partial charge in [0, 0.05) is 5.56 Å². The van der Waals surface area contributed by atoms with E-state index in [1.165, 1.54) is 18.0 Å². The van der Waals surface area contributed by atoms with Crippen molar-refractivity contribution in [1.82, 2.24) is 9.97 Å². The summed E-state index contributed by atoms with van der Waals surface area (Å²) in [5.74, 6) is -1.01. The fourth-order valence-corrected chi connectivity index (χ4v) is 2.41. The highest BCUT2D eigenvalue weighted by atomic mass is 35.5. The predicted octanol–water partition coefficient (Wildman–Crippen LogP) is 3.51. The van der Waals surface area contributed by atoms with Gasteiger partial charge in [0.25, 0.3) is 0 Å². The highest BCUT2D eigenvalue weighted by Gasteiger charge is 2.18. The summed E-state index contributed by atoms with van der Waals surface area (Å²) in [5, 5.41) is 0.495. The molecule has 2 aromatic rings. The number of ether oxygens (including phenoxy) is 1. The average molecular weight is 351 g/mol. The number of esters is 1. The first kappa shape index (κ1) is 17.4. The topological polar surface area (TPSA) is 69.2 Å². The maximum absolute atomic E-state index is 12.2. The summed E-state index contributed by atoms with van der Waals surface area (Å²) < 4.78 is 5.05. The molecule has 0 atom stereocenters. The molecule has 0 fully saturated rings. The lowest BCUT2D eigenvalue weighted by atomic mass is 10.0. The normalized spacial score (nSPS) is 10.4. The molecule has 1 aromatic carbocycles. The Bertz CT molecular complexity index is 765. The monoisotopic (exact) mass is 350 g/mol.